The van der Waals surface area contributed by atoms with Crippen molar-refractivity contribution < 1.29 is 14.2 Å². The van der Waals surface area contributed by atoms with Gasteiger partial charge in [0.05, 0.1) is 12.7 Å². The molecule has 1 aromatic heterocycles. The predicted octanol–water partition coefficient (Wildman–Crippen LogP) is -0.762. The Bertz CT molecular complexity index is 520. The zero-order valence-electron chi connectivity index (χ0n) is 8.91. The van der Waals surface area contributed by atoms with E-state index in [0.29, 0.717) is 0 Å². The summed E-state index contributed by atoms with van der Waals surface area (Å²) in [5.41, 5.74) is 3.22. The third-order valence-electron chi connectivity index (χ3n) is 3.38. The fourth-order valence-electron chi connectivity index (χ4n) is 2.51. The van der Waals surface area contributed by atoms with Crippen LogP contribution in [0, 0.1) is 0 Å². The molecule has 2 aliphatic rings. The number of aliphatic hydroxyl groups is 1. The molecule has 17 heavy (non-hydrogen) atoms. The van der Waals surface area contributed by atoms with Gasteiger partial charge in [-0.25, -0.2) is 9.18 Å². The Morgan fingerprint density at radius 3 is 3.06 bits per heavy atom. The second-order valence-corrected chi connectivity index (χ2v) is 4.48. The van der Waals surface area contributed by atoms with Crippen molar-refractivity contribution >= 4 is 5.82 Å². The lowest BCUT2D eigenvalue weighted by atomic mass is 10.2. The molecule has 0 amide bonds. The summed E-state index contributed by atoms with van der Waals surface area (Å²) in [7, 11) is 0. The highest BCUT2D eigenvalue weighted by Gasteiger charge is 2.74. The Balaban J connectivity index is 1.88. The standard InChI is InChI=1S/C10H12FN3O3/c11-10-3-5(4-15)17-8(10)7(10)14-2-1-6(12)13-9(14)16/h1-2,5,7-8,15H,3-4H2,(H2,12,13,16). The Labute approximate surface area is 95.8 Å². The minimum Gasteiger partial charge on any atom is -0.394 e. The number of rotatable bonds is 2. The van der Waals surface area contributed by atoms with Crippen molar-refractivity contribution in [2.45, 2.75) is 30.3 Å². The van der Waals surface area contributed by atoms with Gasteiger partial charge in [0.2, 0.25) is 0 Å². The third kappa shape index (κ3) is 1.39. The summed E-state index contributed by atoms with van der Waals surface area (Å²) in [5.74, 6) is 0.110. The molecule has 0 bridgehead atoms. The van der Waals surface area contributed by atoms with Crippen molar-refractivity contribution in [3.63, 3.8) is 0 Å². The average Bonchev–Trinajstić information content (AvgIpc) is 2.66. The number of hydrogen-bond acceptors (Lipinski definition) is 5. The van der Waals surface area contributed by atoms with E-state index >= 15 is 0 Å². The molecule has 1 saturated heterocycles. The highest BCUT2D eigenvalue weighted by molar-refractivity contribution is 5.28. The van der Waals surface area contributed by atoms with E-state index in [-0.39, 0.29) is 18.8 Å². The molecule has 0 spiro atoms. The van der Waals surface area contributed by atoms with Crippen molar-refractivity contribution in [2.75, 3.05) is 12.3 Å². The fourth-order valence-corrected chi connectivity index (χ4v) is 2.51. The van der Waals surface area contributed by atoms with E-state index in [0.717, 1.165) is 0 Å². The summed E-state index contributed by atoms with van der Waals surface area (Å²) < 4.78 is 20.8. The monoisotopic (exact) mass is 241 g/mol. The summed E-state index contributed by atoms with van der Waals surface area (Å²) >= 11 is 0. The molecule has 0 aromatic carbocycles. The highest BCUT2D eigenvalue weighted by Crippen LogP contribution is 2.60. The first-order valence-electron chi connectivity index (χ1n) is 5.36. The SMILES string of the molecule is Nc1ccn(C2C3OC(CO)CC32F)c(=O)n1. The van der Waals surface area contributed by atoms with Gasteiger partial charge in [-0.1, -0.05) is 0 Å². The van der Waals surface area contributed by atoms with Gasteiger partial charge in [0.1, 0.15) is 18.0 Å². The molecule has 92 valence electrons. The molecule has 6 nitrogen and oxygen atoms in total. The number of ether oxygens (including phenoxy) is 1. The first kappa shape index (κ1) is 10.7. The smallest absolute Gasteiger partial charge is 0.349 e. The summed E-state index contributed by atoms with van der Waals surface area (Å²) in [4.78, 5) is 15.1. The Morgan fingerprint density at radius 1 is 1.76 bits per heavy atom. The average molecular weight is 241 g/mol. The number of nitrogens with two attached hydrogens (primary N) is 1. The summed E-state index contributed by atoms with van der Waals surface area (Å²) in [6.45, 7) is -0.205. The molecule has 1 aliphatic heterocycles. The van der Waals surface area contributed by atoms with Gasteiger partial charge in [-0.2, -0.15) is 4.98 Å². The first-order chi connectivity index (χ1) is 8.06. The van der Waals surface area contributed by atoms with Gasteiger partial charge < -0.3 is 15.6 Å². The van der Waals surface area contributed by atoms with Crippen LogP contribution in [0.15, 0.2) is 17.1 Å². The molecule has 4 unspecified atom stereocenters. The molecule has 1 aromatic rings. The van der Waals surface area contributed by atoms with Gasteiger partial charge in [0.15, 0.2) is 5.67 Å². The van der Waals surface area contributed by atoms with E-state index in [9.17, 15) is 9.18 Å². The molecule has 7 heteroatoms. The highest BCUT2D eigenvalue weighted by atomic mass is 19.1. The molecule has 3 rings (SSSR count). The lowest BCUT2D eigenvalue weighted by Gasteiger charge is -2.14. The molecular formula is C10H12FN3O3. The lowest BCUT2D eigenvalue weighted by molar-refractivity contribution is 0.0206. The van der Waals surface area contributed by atoms with Crippen LogP contribution in [0.3, 0.4) is 0 Å². The number of nitrogens with zero attached hydrogens (tertiary/aromatic N) is 2. The zero-order chi connectivity index (χ0) is 12.2. The van der Waals surface area contributed by atoms with Crippen LogP contribution >= 0.6 is 0 Å². The van der Waals surface area contributed by atoms with Crippen molar-refractivity contribution in [1.29, 1.82) is 0 Å². The topological polar surface area (TPSA) is 90.4 Å². The van der Waals surface area contributed by atoms with E-state index < -0.39 is 29.6 Å². The van der Waals surface area contributed by atoms with E-state index in [1.807, 2.05) is 0 Å². The minimum atomic E-state index is -1.56. The Kier molecular flexibility index (Phi) is 2.05. The number of fused-ring (bicyclic) bond motifs is 1. The minimum absolute atomic E-state index is 0.107. The number of aliphatic hydroxyl groups excluding tert-OH is 1. The maximum absolute atomic E-state index is 14.3. The van der Waals surface area contributed by atoms with Gasteiger partial charge in [-0.3, -0.25) is 4.57 Å². The van der Waals surface area contributed by atoms with Crippen LogP contribution in [0.4, 0.5) is 10.2 Å². The van der Waals surface area contributed by atoms with Gasteiger partial charge in [-0.15, -0.1) is 0 Å². The van der Waals surface area contributed by atoms with Crippen LogP contribution in [0.2, 0.25) is 0 Å². The van der Waals surface area contributed by atoms with E-state index in [4.69, 9.17) is 15.6 Å². The molecule has 0 radical (unpaired) electrons. The number of aromatic nitrogens is 2. The first-order valence-corrected chi connectivity index (χ1v) is 5.36. The Morgan fingerprint density at radius 2 is 2.53 bits per heavy atom. The fraction of sp³-hybridized carbons (Fsp3) is 0.600. The normalized spacial score (nSPS) is 39.1. The molecule has 2 heterocycles. The van der Waals surface area contributed by atoms with Crippen LogP contribution in [0.5, 0.6) is 0 Å². The van der Waals surface area contributed by atoms with Crippen LogP contribution in [-0.2, 0) is 4.74 Å². The summed E-state index contributed by atoms with van der Waals surface area (Å²) in [5, 5.41) is 8.88. The largest absolute Gasteiger partial charge is 0.394 e. The van der Waals surface area contributed by atoms with Crippen molar-refractivity contribution in [3.8, 4) is 0 Å². The van der Waals surface area contributed by atoms with Crippen molar-refractivity contribution in [2.24, 2.45) is 0 Å². The summed E-state index contributed by atoms with van der Waals surface area (Å²) in [6, 6.07) is 0.799. The van der Waals surface area contributed by atoms with Crippen LogP contribution in [-0.4, -0.2) is 39.1 Å². The quantitative estimate of drug-likeness (QED) is 0.710. The second kappa shape index (κ2) is 3.27. The molecule has 1 saturated carbocycles. The third-order valence-corrected chi connectivity index (χ3v) is 3.38. The van der Waals surface area contributed by atoms with E-state index in [1.165, 1.54) is 16.8 Å². The predicted molar refractivity (Wildman–Crippen MR) is 56.1 cm³/mol. The number of anilines is 1. The number of halogens is 1. The van der Waals surface area contributed by atoms with Gasteiger partial charge >= 0.3 is 5.69 Å². The second-order valence-electron chi connectivity index (χ2n) is 4.48. The molecule has 1 aliphatic carbocycles. The number of alkyl halides is 1. The molecule has 4 atom stereocenters. The van der Waals surface area contributed by atoms with E-state index in [2.05, 4.69) is 4.98 Å². The van der Waals surface area contributed by atoms with Crippen molar-refractivity contribution in [3.05, 3.63) is 22.7 Å². The van der Waals surface area contributed by atoms with E-state index in [1.54, 1.807) is 0 Å². The molecule has 3 N–H and O–H groups in total. The van der Waals surface area contributed by atoms with Crippen molar-refractivity contribution in [1.82, 2.24) is 9.55 Å². The number of nitrogen functional groups attached to an aromatic ring is 1. The van der Waals surface area contributed by atoms with Crippen LogP contribution in [0.1, 0.15) is 12.5 Å². The summed E-state index contributed by atoms with van der Waals surface area (Å²) in [6.07, 6.45) is 0.392. The van der Waals surface area contributed by atoms with Crippen LogP contribution in [0.25, 0.3) is 0 Å². The Hall–Kier alpha value is -1.47. The molecular weight excluding hydrogens is 229 g/mol. The number of hydrogen-bond donors (Lipinski definition) is 2. The van der Waals surface area contributed by atoms with Gasteiger partial charge in [0, 0.05) is 12.6 Å². The van der Waals surface area contributed by atoms with Gasteiger partial charge in [-0.05, 0) is 6.07 Å². The lowest BCUT2D eigenvalue weighted by Crippen LogP contribution is -2.28. The molecule has 2 fully saturated rings. The maximum Gasteiger partial charge on any atom is 0.349 e. The maximum atomic E-state index is 14.3. The van der Waals surface area contributed by atoms with Crippen LogP contribution < -0.4 is 11.4 Å². The zero-order valence-corrected chi connectivity index (χ0v) is 8.91. The van der Waals surface area contributed by atoms with Gasteiger partial charge in [0.25, 0.3) is 0 Å².